The first kappa shape index (κ1) is 29.5. The van der Waals surface area contributed by atoms with E-state index < -0.39 is 59.9 Å². The van der Waals surface area contributed by atoms with Crippen molar-refractivity contribution in [2.45, 2.75) is 76.7 Å². The summed E-state index contributed by atoms with van der Waals surface area (Å²) in [5.41, 5.74) is 6.14. The number of carboxylic acid groups (broad SMARTS) is 2. The second-order valence-corrected chi connectivity index (χ2v) is 8.64. The molecule has 9 N–H and O–H groups in total. The van der Waals surface area contributed by atoms with Gasteiger partial charge in [0, 0.05) is 24.7 Å². The number of amides is 3. The number of imidazole rings is 1. The third-order valence-corrected chi connectivity index (χ3v) is 5.00. The molecule has 14 nitrogen and oxygen atoms in total. The van der Waals surface area contributed by atoms with Crippen LogP contribution in [0.2, 0.25) is 0 Å². The second kappa shape index (κ2) is 14.0. The molecule has 0 saturated carbocycles. The highest BCUT2D eigenvalue weighted by Gasteiger charge is 2.33. The van der Waals surface area contributed by atoms with Crippen LogP contribution in [0.25, 0.3) is 0 Å². The van der Waals surface area contributed by atoms with E-state index in [1.54, 1.807) is 13.8 Å². The highest BCUT2D eigenvalue weighted by Crippen LogP contribution is 2.08. The fourth-order valence-corrected chi connectivity index (χ4v) is 3.13. The number of carbonyl (C=O) groups is 5. The molecule has 3 amide bonds. The van der Waals surface area contributed by atoms with E-state index in [1.165, 1.54) is 19.4 Å². The van der Waals surface area contributed by atoms with Crippen molar-refractivity contribution in [1.29, 1.82) is 0 Å². The number of nitrogens with two attached hydrogens (primary N) is 1. The van der Waals surface area contributed by atoms with Crippen molar-refractivity contribution >= 4 is 29.7 Å². The number of aromatic amines is 1. The summed E-state index contributed by atoms with van der Waals surface area (Å²) in [6, 6.07) is -5.17. The van der Waals surface area contributed by atoms with Gasteiger partial charge in [0.2, 0.25) is 17.7 Å². The Morgan fingerprint density at radius 3 is 2.11 bits per heavy atom. The van der Waals surface area contributed by atoms with Gasteiger partial charge in [-0.05, 0) is 25.7 Å². The van der Waals surface area contributed by atoms with Crippen LogP contribution in [0, 0.1) is 5.92 Å². The molecular weight excluding hydrogens is 464 g/mol. The Balaban J connectivity index is 2.92. The number of nitrogens with one attached hydrogen (secondary N) is 4. The first-order valence-corrected chi connectivity index (χ1v) is 11.1. The maximum atomic E-state index is 12.9. The molecule has 1 heterocycles. The number of aliphatic hydroxyl groups excluding tert-OH is 1. The zero-order valence-electron chi connectivity index (χ0n) is 19.9. The van der Waals surface area contributed by atoms with Gasteiger partial charge in [-0.25, -0.2) is 9.78 Å². The minimum absolute atomic E-state index is 0.0655. The van der Waals surface area contributed by atoms with Gasteiger partial charge in [-0.3, -0.25) is 19.2 Å². The summed E-state index contributed by atoms with van der Waals surface area (Å²) < 4.78 is 0. The summed E-state index contributed by atoms with van der Waals surface area (Å²) in [7, 11) is 0. The van der Waals surface area contributed by atoms with Crippen LogP contribution in [0.5, 0.6) is 0 Å². The fraction of sp³-hybridized carbons (Fsp3) is 0.619. The number of aliphatic hydroxyl groups is 1. The molecule has 1 aromatic rings. The summed E-state index contributed by atoms with van der Waals surface area (Å²) in [6.07, 6.45) is 0.959. The zero-order valence-corrected chi connectivity index (χ0v) is 19.9. The van der Waals surface area contributed by atoms with Gasteiger partial charge in [0.05, 0.1) is 18.5 Å². The van der Waals surface area contributed by atoms with E-state index in [0.717, 1.165) is 0 Å². The molecule has 196 valence electrons. The maximum Gasteiger partial charge on any atom is 0.326 e. The molecule has 0 aliphatic rings. The quantitative estimate of drug-likeness (QED) is 0.134. The number of carboxylic acids is 2. The Labute approximate surface area is 202 Å². The number of carbonyl (C=O) groups excluding carboxylic acids is 3. The van der Waals surface area contributed by atoms with E-state index >= 15 is 0 Å². The van der Waals surface area contributed by atoms with Crippen LogP contribution in [-0.2, 0) is 30.4 Å². The second-order valence-electron chi connectivity index (χ2n) is 8.64. The summed E-state index contributed by atoms with van der Waals surface area (Å²) in [5.74, 6) is -5.00. The van der Waals surface area contributed by atoms with Crippen molar-refractivity contribution in [3.63, 3.8) is 0 Å². The summed E-state index contributed by atoms with van der Waals surface area (Å²) >= 11 is 0. The molecule has 0 aliphatic carbocycles. The number of nitrogens with zero attached hydrogens (tertiary/aromatic N) is 1. The number of rotatable bonds is 15. The molecule has 14 heteroatoms. The first-order valence-electron chi connectivity index (χ1n) is 11.1. The van der Waals surface area contributed by atoms with Crippen LogP contribution >= 0.6 is 0 Å². The molecule has 0 bridgehead atoms. The lowest BCUT2D eigenvalue weighted by Crippen LogP contribution is -2.60. The molecule has 0 saturated heterocycles. The van der Waals surface area contributed by atoms with E-state index in [2.05, 4.69) is 25.9 Å². The smallest absolute Gasteiger partial charge is 0.326 e. The van der Waals surface area contributed by atoms with Crippen LogP contribution in [0.4, 0.5) is 0 Å². The van der Waals surface area contributed by atoms with Gasteiger partial charge < -0.3 is 42.0 Å². The normalized spacial score (nSPS) is 15.4. The summed E-state index contributed by atoms with van der Waals surface area (Å²) in [6.45, 7) is 4.83. The predicted molar refractivity (Wildman–Crippen MR) is 122 cm³/mol. The van der Waals surface area contributed by atoms with E-state index in [0.29, 0.717) is 5.69 Å². The number of H-pyrrole nitrogens is 1. The van der Waals surface area contributed by atoms with E-state index in [1.807, 2.05) is 0 Å². The molecule has 0 aliphatic heterocycles. The van der Waals surface area contributed by atoms with Crippen molar-refractivity contribution in [3.8, 4) is 0 Å². The number of aliphatic carboxylic acids is 2. The van der Waals surface area contributed by atoms with E-state index in [4.69, 9.17) is 10.8 Å². The van der Waals surface area contributed by atoms with Crippen LogP contribution in [0.15, 0.2) is 12.5 Å². The van der Waals surface area contributed by atoms with Crippen molar-refractivity contribution in [2.24, 2.45) is 11.7 Å². The molecule has 0 fully saturated rings. The summed E-state index contributed by atoms with van der Waals surface area (Å²) in [5, 5.41) is 35.4. The van der Waals surface area contributed by atoms with E-state index in [-0.39, 0.29) is 31.6 Å². The lowest BCUT2D eigenvalue weighted by Gasteiger charge is -2.27. The standard InChI is InChI=1S/C21H34N6O8/c1-10(2)6-14(19(32)26-15(21(34)35)7-12-8-23-9-24-12)25-20(33)17(11(3)28)27-18(31)13(22)4-5-16(29)30/h8-11,13-15,17,28H,4-7,22H2,1-3H3,(H,23,24)(H,25,33)(H,26,32)(H,27,31)(H,29,30)(H,34,35). The van der Waals surface area contributed by atoms with Crippen molar-refractivity contribution in [3.05, 3.63) is 18.2 Å². The number of hydrogen-bond donors (Lipinski definition) is 8. The average Bonchev–Trinajstić information content (AvgIpc) is 3.26. The van der Waals surface area contributed by atoms with Gasteiger partial charge in [0.15, 0.2) is 0 Å². The van der Waals surface area contributed by atoms with Gasteiger partial charge in [0.1, 0.15) is 18.1 Å². The van der Waals surface area contributed by atoms with E-state index in [9.17, 15) is 34.2 Å². The number of hydrogen-bond acceptors (Lipinski definition) is 8. The van der Waals surface area contributed by atoms with Gasteiger partial charge >= 0.3 is 11.9 Å². The Kier molecular flexibility index (Phi) is 11.8. The lowest BCUT2D eigenvalue weighted by atomic mass is 10.0. The monoisotopic (exact) mass is 498 g/mol. The molecule has 35 heavy (non-hydrogen) atoms. The highest BCUT2D eigenvalue weighted by atomic mass is 16.4. The Bertz CT molecular complexity index is 873. The Hall–Kier alpha value is -3.52. The third-order valence-electron chi connectivity index (χ3n) is 5.00. The maximum absolute atomic E-state index is 12.9. The SMILES string of the molecule is CC(C)CC(NC(=O)C(NC(=O)C(N)CCC(=O)O)C(C)O)C(=O)NC(Cc1cnc[nH]1)C(=O)O. The minimum Gasteiger partial charge on any atom is -0.481 e. The van der Waals surface area contributed by atoms with Crippen LogP contribution in [0.3, 0.4) is 0 Å². The molecule has 0 aromatic carbocycles. The number of aromatic nitrogens is 2. The largest absolute Gasteiger partial charge is 0.481 e. The van der Waals surface area contributed by atoms with Gasteiger partial charge in [-0.15, -0.1) is 0 Å². The Morgan fingerprint density at radius 2 is 1.63 bits per heavy atom. The Morgan fingerprint density at radius 1 is 1.00 bits per heavy atom. The fourth-order valence-electron chi connectivity index (χ4n) is 3.13. The van der Waals surface area contributed by atoms with Crippen LogP contribution in [-0.4, -0.2) is 85.2 Å². The molecule has 1 aromatic heterocycles. The van der Waals surface area contributed by atoms with Crippen molar-refractivity contribution in [1.82, 2.24) is 25.9 Å². The molecule has 5 unspecified atom stereocenters. The van der Waals surface area contributed by atoms with Gasteiger partial charge in [-0.2, -0.15) is 0 Å². The van der Waals surface area contributed by atoms with Crippen LogP contribution < -0.4 is 21.7 Å². The molecule has 1 rings (SSSR count). The lowest BCUT2D eigenvalue weighted by molar-refractivity contribution is -0.142. The highest BCUT2D eigenvalue weighted by molar-refractivity contribution is 5.94. The minimum atomic E-state index is -1.49. The average molecular weight is 499 g/mol. The molecule has 0 spiro atoms. The van der Waals surface area contributed by atoms with Gasteiger partial charge in [-0.1, -0.05) is 13.8 Å². The van der Waals surface area contributed by atoms with Crippen LogP contribution in [0.1, 0.15) is 45.7 Å². The topological polar surface area (TPSA) is 237 Å². The van der Waals surface area contributed by atoms with Gasteiger partial charge in [0.25, 0.3) is 0 Å². The zero-order chi connectivity index (χ0) is 26.7. The molecule has 0 radical (unpaired) electrons. The summed E-state index contributed by atoms with van der Waals surface area (Å²) in [4.78, 5) is 66.9. The molecular formula is C21H34N6O8. The third kappa shape index (κ3) is 10.5. The van der Waals surface area contributed by atoms with Crippen molar-refractivity contribution < 1.29 is 39.3 Å². The first-order chi connectivity index (χ1) is 16.3. The van der Waals surface area contributed by atoms with Crippen molar-refractivity contribution in [2.75, 3.05) is 0 Å². The predicted octanol–water partition coefficient (Wildman–Crippen LogP) is -1.89. The molecule has 5 atom stereocenters.